The zero-order chi connectivity index (χ0) is 17.8. The van der Waals surface area contributed by atoms with Crippen LogP contribution in [0.2, 0.25) is 0 Å². The molecule has 2 aromatic rings. The van der Waals surface area contributed by atoms with Crippen molar-refractivity contribution in [3.8, 4) is 0 Å². The number of carbonyl (C=O) groups excluding carboxylic acids is 1. The van der Waals surface area contributed by atoms with Gasteiger partial charge in [0.05, 0.1) is 6.54 Å². The summed E-state index contributed by atoms with van der Waals surface area (Å²) in [5.41, 5.74) is 10.9. The summed E-state index contributed by atoms with van der Waals surface area (Å²) in [7, 11) is 0. The predicted molar refractivity (Wildman–Crippen MR) is 104 cm³/mol. The Kier molecular flexibility index (Phi) is 5.24. The van der Waals surface area contributed by atoms with Crippen LogP contribution in [-0.4, -0.2) is 43.5 Å². The van der Waals surface area contributed by atoms with Crippen LogP contribution >= 0.6 is 0 Å². The molecule has 0 saturated carbocycles. The summed E-state index contributed by atoms with van der Waals surface area (Å²) in [6.45, 7) is 8.13. The Hall–Kier alpha value is -2.53. The zero-order valence-corrected chi connectivity index (χ0v) is 15.0. The monoisotopic (exact) mass is 338 g/mol. The highest BCUT2D eigenvalue weighted by Gasteiger charge is 2.19. The zero-order valence-electron chi connectivity index (χ0n) is 15.0. The molecule has 0 unspecified atom stereocenters. The number of benzene rings is 2. The molecule has 25 heavy (non-hydrogen) atoms. The minimum atomic E-state index is 0.00672. The maximum Gasteiger partial charge on any atom is 0.238 e. The van der Waals surface area contributed by atoms with Gasteiger partial charge in [0.1, 0.15) is 0 Å². The molecule has 1 fully saturated rings. The molecular formula is C20H26N4O. The van der Waals surface area contributed by atoms with Crippen LogP contribution in [0.5, 0.6) is 0 Å². The van der Waals surface area contributed by atoms with E-state index in [4.69, 9.17) is 5.73 Å². The van der Waals surface area contributed by atoms with Crippen LogP contribution in [0, 0.1) is 13.8 Å². The van der Waals surface area contributed by atoms with E-state index in [1.165, 1.54) is 11.3 Å². The van der Waals surface area contributed by atoms with E-state index in [9.17, 15) is 4.79 Å². The summed E-state index contributed by atoms with van der Waals surface area (Å²) >= 11 is 0. The third-order valence-electron chi connectivity index (χ3n) is 4.67. The highest BCUT2D eigenvalue weighted by atomic mass is 16.2. The van der Waals surface area contributed by atoms with E-state index in [-0.39, 0.29) is 5.91 Å². The average Bonchev–Trinajstić information content (AvgIpc) is 2.59. The van der Waals surface area contributed by atoms with Gasteiger partial charge >= 0.3 is 0 Å². The second-order valence-electron chi connectivity index (χ2n) is 6.72. The van der Waals surface area contributed by atoms with Gasteiger partial charge < -0.3 is 16.0 Å². The van der Waals surface area contributed by atoms with Gasteiger partial charge in [0.2, 0.25) is 5.91 Å². The second-order valence-corrected chi connectivity index (χ2v) is 6.72. The van der Waals surface area contributed by atoms with Crippen molar-refractivity contribution in [1.29, 1.82) is 0 Å². The fourth-order valence-electron chi connectivity index (χ4n) is 3.11. The molecule has 0 radical (unpaired) electrons. The molecule has 5 heteroatoms. The van der Waals surface area contributed by atoms with Crippen LogP contribution in [0.4, 0.5) is 17.1 Å². The number of nitrogens with zero attached hydrogens (tertiary/aromatic N) is 2. The van der Waals surface area contributed by atoms with Crippen LogP contribution in [0.15, 0.2) is 42.5 Å². The molecule has 1 heterocycles. The molecule has 0 aliphatic carbocycles. The van der Waals surface area contributed by atoms with Crippen LogP contribution < -0.4 is 16.0 Å². The standard InChI is InChI=1S/C20H26N4O/c1-15-4-3-5-18(12-15)24-10-8-23(9-11-24)14-20(25)22-17-7-6-16(2)19(21)13-17/h3-7,12-13H,8-11,14,21H2,1-2H3,(H,22,25). The van der Waals surface area contributed by atoms with Gasteiger partial charge in [-0.15, -0.1) is 0 Å². The van der Waals surface area contributed by atoms with E-state index >= 15 is 0 Å². The minimum absolute atomic E-state index is 0.00672. The molecule has 1 saturated heterocycles. The molecule has 0 bridgehead atoms. The summed E-state index contributed by atoms with van der Waals surface area (Å²) in [6.07, 6.45) is 0. The molecule has 1 aliphatic rings. The van der Waals surface area contributed by atoms with Gasteiger partial charge in [-0.2, -0.15) is 0 Å². The summed E-state index contributed by atoms with van der Waals surface area (Å²) in [4.78, 5) is 16.8. The molecule has 1 amide bonds. The van der Waals surface area contributed by atoms with E-state index in [0.717, 1.165) is 37.4 Å². The third kappa shape index (κ3) is 4.51. The molecule has 0 atom stereocenters. The van der Waals surface area contributed by atoms with Crippen molar-refractivity contribution >= 4 is 23.0 Å². The van der Waals surface area contributed by atoms with Crippen molar-refractivity contribution in [2.24, 2.45) is 0 Å². The van der Waals surface area contributed by atoms with E-state index in [2.05, 4.69) is 46.3 Å². The lowest BCUT2D eigenvalue weighted by atomic mass is 10.2. The Morgan fingerprint density at radius 2 is 1.84 bits per heavy atom. The van der Waals surface area contributed by atoms with Gasteiger partial charge in [0.15, 0.2) is 0 Å². The predicted octanol–water partition coefficient (Wildman–Crippen LogP) is 2.65. The number of aryl methyl sites for hydroxylation is 2. The first kappa shape index (κ1) is 17.3. The van der Waals surface area contributed by atoms with Crippen LogP contribution in [0.25, 0.3) is 0 Å². The second kappa shape index (κ2) is 7.57. The molecule has 0 aromatic heterocycles. The third-order valence-corrected chi connectivity index (χ3v) is 4.67. The van der Waals surface area contributed by atoms with Crippen molar-refractivity contribution < 1.29 is 4.79 Å². The molecule has 3 N–H and O–H groups in total. The van der Waals surface area contributed by atoms with Gasteiger partial charge in [-0.1, -0.05) is 18.2 Å². The number of nitrogens with two attached hydrogens (primary N) is 1. The maximum atomic E-state index is 12.3. The number of carbonyl (C=O) groups is 1. The number of hydrogen-bond acceptors (Lipinski definition) is 4. The molecule has 0 spiro atoms. The molecule has 2 aromatic carbocycles. The molecule has 132 valence electrons. The first-order valence-electron chi connectivity index (χ1n) is 8.71. The SMILES string of the molecule is Cc1cccc(N2CCN(CC(=O)Nc3ccc(C)c(N)c3)CC2)c1. The number of piperazine rings is 1. The van der Waals surface area contributed by atoms with E-state index in [1.54, 1.807) is 0 Å². The summed E-state index contributed by atoms with van der Waals surface area (Å²) in [5.74, 6) is 0.00672. The number of rotatable bonds is 4. The van der Waals surface area contributed by atoms with Crippen molar-refractivity contribution in [3.63, 3.8) is 0 Å². The average molecular weight is 338 g/mol. The van der Waals surface area contributed by atoms with Crippen LogP contribution in [0.1, 0.15) is 11.1 Å². The maximum absolute atomic E-state index is 12.3. The van der Waals surface area contributed by atoms with E-state index < -0.39 is 0 Å². The lowest BCUT2D eigenvalue weighted by Crippen LogP contribution is -2.48. The number of nitrogens with one attached hydrogen (secondary N) is 1. The van der Waals surface area contributed by atoms with Crippen molar-refractivity contribution in [3.05, 3.63) is 53.6 Å². The molecule has 5 nitrogen and oxygen atoms in total. The fraction of sp³-hybridized carbons (Fsp3) is 0.350. The number of amides is 1. The van der Waals surface area contributed by atoms with Gasteiger partial charge in [-0.25, -0.2) is 0 Å². The highest BCUT2D eigenvalue weighted by Crippen LogP contribution is 2.19. The largest absolute Gasteiger partial charge is 0.398 e. The van der Waals surface area contributed by atoms with Crippen molar-refractivity contribution in [1.82, 2.24) is 4.90 Å². The number of anilines is 3. The number of hydrogen-bond donors (Lipinski definition) is 2. The number of nitrogen functional groups attached to an aromatic ring is 1. The van der Waals surface area contributed by atoms with Crippen molar-refractivity contribution in [2.75, 3.05) is 48.7 Å². The summed E-state index contributed by atoms with van der Waals surface area (Å²) in [5, 5.41) is 2.93. The van der Waals surface area contributed by atoms with E-state index in [1.807, 2.05) is 25.1 Å². The van der Waals surface area contributed by atoms with Gasteiger partial charge in [0, 0.05) is 43.2 Å². The lowest BCUT2D eigenvalue weighted by Gasteiger charge is -2.35. The molecule has 3 rings (SSSR count). The highest BCUT2D eigenvalue weighted by molar-refractivity contribution is 5.92. The van der Waals surface area contributed by atoms with Crippen molar-refractivity contribution in [2.45, 2.75) is 13.8 Å². The Morgan fingerprint density at radius 1 is 1.08 bits per heavy atom. The summed E-state index contributed by atoms with van der Waals surface area (Å²) < 4.78 is 0. The van der Waals surface area contributed by atoms with Gasteiger partial charge in [-0.05, 0) is 49.2 Å². The molecular weight excluding hydrogens is 312 g/mol. The summed E-state index contributed by atoms with van der Waals surface area (Å²) in [6, 6.07) is 14.2. The topological polar surface area (TPSA) is 61.6 Å². The first-order valence-corrected chi connectivity index (χ1v) is 8.71. The Balaban J connectivity index is 1.50. The van der Waals surface area contributed by atoms with Crippen LogP contribution in [-0.2, 0) is 4.79 Å². The Morgan fingerprint density at radius 3 is 2.52 bits per heavy atom. The Labute approximate surface area is 149 Å². The normalized spacial score (nSPS) is 15.2. The Bertz CT molecular complexity index is 751. The fourth-order valence-corrected chi connectivity index (χ4v) is 3.11. The smallest absolute Gasteiger partial charge is 0.238 e. The van der Waals surface area contributed by atoms with Crippen LogP contribution in [0.3, 0.4) is 0 Å². The lowest BCUT2D eigenvalue weighted by molar-refractivity contribution is -0.117. The van der Waals surface area contributed by atoms with Gasteiger partial charge in [-0.3, -0.25) is 9.69 Å². The van der Waals surface area contributed by atoms with Gasteiger partial charge in [0.25, 0.3) is 0 Å². The first-order chi connectivity index (χ1) is 12.0. The minimum Gasteiger partial charge on any atom is -0.398 e. The quantitative estimate of drug-likeness (QED) is 0.842. The molecule has 1 aliphatic heterocycles. The van der Waals surface area contributed by atoms with E-state index in [0.29, 0.717) is 12.2 Å².